The molecule has 0 radical (unpaired) electrons. The Balaban J connectivity index is 1.39. The molecule has 1 aromatic heterocycles. The van der Waals surface area contributed by atoms with E-state index in [4.69, 9.17) is 26.8 Å². The highest BCUT2D eigenvalue weighted by Crippen LogP contribution is 2.25. The van der Waals surface area contributed by atoms with Crippen molar-refractivity contribution in [2.24, 2.45) is 0 Å². The van der Waals surface area contributed by atoms with Crippen LogP contribution in [0.4, 0.5) is 0 Å². The van der Waals surface area contributed by atoms with Gasteiger partial charge in [0.1, 0.15) is 56.9 Å². The van der Waals surface area contributed by atoms with Crippen LogP contribution >= 0.6 is 0 Å². The molecule has 0 saturated carbocycles. The van der Waals surface area contributed by atoms with Crippen LogP contribution in [-0.2, 0) is 42.9 Å². The zero-order valence-electron chi connectivity index (χ0n) is 27.2. The number of rotatable bonds is 18. The topological polar surface area (TPSA) is 257 Å². The molecule has 51 heavy (non-hydrogen) atoms. The molecule has 0 bridgehead atoms. The molecule has 0 aliphatic rings. The molecule has 0 atom stereocenters. The fourth-order valence-electron chi connectivity index (χ4n) is 3.78. The molecular formula is C30H33N3O15S3. The van der Waals surface area contributed by atoms with Crippen LogP contribution < -0.4 is 14.2 Å². The van der Waals surface area contributed by atoms with E-state index in [1.165, 1.54) is 36.4 Å². The van der Waals surface area contributed by atoms with Gasteiger partial charge < -0.3 is 29.5 Å². The largest absolute Gasteiger partial charge is 0.508 e. The Kier molecular flexibility index (Phi) is 12.6. The van der Waals surface area contributed by atoms with Gasteiger partial charge in [-0.25, -0.2) is 0 Å². The summed E-state index contributed by atoms with van der Waals surface area (Å²) in [6.45, 7) is 1.95. The van der Waals surface area contributed by atoms with E-state index in [0.717, 1.165) is 18.2 Å². The lowest BCUT2D eigenvalue weighted by Gasteiger charge is -2.11. The van der Waals surface area contributed by atoms with Gasteiger partial charge in [-0.1, -0.05) is 18.2 Å². The maximum atomic E-state index is 12.5. The van der Waals surface area contributed by atoms with E-state index >= 15 is 0 Å². The lowest BCUT2D eigenvalue weighted by molar-refractivity contribution is 0.177. The first-order valence-electron chi connectivity index (χ1n) is 14.7. The Hall–Kier alpha value is -4.80. The number of phenolic OH excluding ortho intramolecular Hbond substituents is 3. The van der Waals surface area contributed by atoms with Gasteiger partial charge in [0.15, 0.2) is 0 Å². The summed E-state index contributed by atoms with van der Waals surface area (Å²) >= 11 is 0. The monoisotopic (exact) mass is 771 g/mol. The maximum Gasteiger partial charge on any atom is 0.325 e. The molecule has 0 saturated heterocycles. The van der Waals surface area contributed by atoms with Crippen molar-refractivity contribution in [3.05, 3.63) is 71.3 Å². The average Bonchev–Trinajstić information content (AvgIpc) is 3.07. The lowest BCUT2D eigenvalue weighted by Crippen LogP contribution is -2.17. The SMILES string of the molecule is Cc1ccc(S(=O)(=O)OCCOc2nc(OCCOS(=O)(=O)c3ccc(C)c(O)c3)nc(OCCOS(=O)(=O)c3ccc(C)c(O)c3)n2)cc1O. The van der Waals surface area contributed by atoms with Crippen molar-refractivity contribution < 1.29 is 67.3 Å². The first-order valence-corrected chi connectivity index (χ1v) is 18.9. The van der Waals surface area contributed by atoms with Crippen molar-refractivity contribution in [2.75, 3.05) is 39.6 Å². The summed E-state index contributed by atoms with van der Waals surface area (Å²) in [6, 6.07) is 9.71. The minimum absolute atomic E-state index is 0.240. The van der Waals surface area contributed by atoms with Gasteiger partial charge in [-0.15, -0.1) is 15.0 Å². The van der Waals surface area contributed by atoms with Gasteiger partial charge in [0.2, 0.25) is 0 Å². The van der Waals surface area contributed by atoms with Crippen LogP contribution in [0.25, 0.3) is 0 Å². The van der Waals surface area contributed by atoms with Crippen LogP contribution in [0.5, 0.6) is 35.3 Å². The van der Waals surface area contributed by atoms with Gasteiger partial charge in [0, 0.05) is 18.2 Å². The summed E-state index contributed by atoms with van der Waals surface area (Å²) < 4.78 is 106. The zero-order valence-corrected chi connectivity index (χ0v) is 29.7. The lowest BCUT2D eigenvalue weighted by atomic mass is 10.2. The summed E-state index contributed by atoms with van der Waals surface area (Å²) in [7, 11) is -12.8. The van der Waals surface area contributed by atoms with Crippen LogP contribution in [0.2, 0.25) is 0 Å². The molecule has 276 valence electrons. The molecule has 0 spiro atoms. The predicted octanol–water partition coefficient (Wildman–Crippen LogP) is 2.27. The third-order valence-corrected chi connectivity index (χ3v) is 10.6. The smallest absolute Gasteiger partial charge is 0.325 e. The van der Waals surface area contributed by atoms with Crippen LogP contribution in [0, 0.1) is 20.8 Å². The number of phenols is 3. The molecule has 0 aliphatic carbocycles. The highest BCUT2D eigenvalue weighted by atomic mass is 32.2. The summed E-state index contributed by atoms with van der Waals surface area (Å²) in [5.74, 6) is -0.719. The molecule has 0 fully saturated rings. The molecule has 4 rings (SSSR count). The number of aryl methyl sites for hydroxylation is 3. The van der Waals surface area contributed by atoms with E-state index in [9.17, 15) is 40.6 Å². The maximum absolute atomic E-state index is 12.5. The first kappa shape index (κ1) is 39.0. The second-order valence-corrected chi connectivity index (χ2v) is 15.2. The van der Waals surface area contributed by atoms with Gasteiger partial charge in [0.05, 0.1) is 14.7 Å². The van der Waals surface area contributed by atoms with Crippen LogP contribution in [0.15, 0.2) is 69.3 Å². The van der Waals surface area contributed by atoms with Gasteiger partial charge in [-0.05, 0) is 55.7 Å². The predicted molar refractivity (Wildman–Crippen MR) is 174 cm³/mol. The molecular weight excluding hydrogens is 739 g/mol. The number of benzene rings is 3. The van der Waals surface area contributed by atoms with Gasteiger partial charge in [-0.2, -0.15) is 25.3 Å². The van der Waals surface area contributed by atoms with Gasteiger partial charge in [-0.3, -0.25) is 12.5 Å². The van der Waals surface area contributed by atoms with Crippen molar-refractivity contribution in [1.82, 2.24) is 15.0 Å². The third kappa shape index (κ3) is 10.8. The van der Waals surface area contributed by atoms with E-state index in [0.29, 0.717) is 16.7 Å². The highest BCUT2D eigenvalue weighted by Gasteiger charge is 2.20. The molecule has 0 aliphatic heterocycles. The van der Waals surface area contributed by atoms with Crippen LogP contribution in [0.1, 0.15) is 16.7 Å². The third-order valence-electron chi connectivity index (χ3n) is 6.64. The molecule has 0 amide bonds. The summed E-state index contributed by atoms with van der Waals surface area (Å²) in [5, 5.41) is 29.5. The molecule has 1 heterocycles. The van der Waals surface area contributed by atoms with Crippen molar-refractivity contribution in [1.29, 1.82) is 0 Å². The Morgan fingerprint density at radius 1 is 0.451 bits per heavy atom. The van der Waals surface area contributed by atoms with E-state index in [2.05, 4.69) is 15.0 Å². The Labute approximate surface area is 293 Å². The summed E-state index contributed by atoms with van der Waals surface area (Å²) in [6.07, 6.45) is 0. The molecule has 21 heteroatoms. The number of aromatic hydroxyl groups is 3. The molecule has 3 aromatic carbocycles. The van der Waals surface area contributed by atoms with Gasteiger partial charge in [0.25, 0.3) is 30.4 Å². The quantitative estimate of drug-likeness (QED) is 0.0968. The Morgan fingerprint density at radius 3 is 0.941 bits per heavy atom. The van der Waals surface area contributed by atoms with Crippen molar-refractivity contribution >= 4 is 30.4 Å². The normalized spacial score (nSPS) is 12.1. The van der Waals surface area contributed by atoms with Crippen LogP contribution in [-0.4, -0.2) is 95.2 Å². The van der Waals surface area contributed by atoms with E-state index < -0.39 is 88.0 Å². The van der Waals surface area contributed by atoms with Gasteiger partial charge >= 0.3 is 18.0 Å². The fraction of sp³-hybridized carbons (Fsp3) is 0.300. The Morgan fingerprint density at radius 2 is 0.706 bits per heavy atom. The Bertz CT molecular complexity index is 1940. The molecule has 0 unspecified atom stereocenters. The van der Waals surface area contributed by atoms with Crippen molar-refractivity contribution in [2.45, 2.75) is 35.5 Å². The van der Waals surface area contributed by atoms with E-state index in [1.807, 2.05) is 0 Å². The average molecular weight is 772 g/mol. The number of ether oxygens (including phenoxy) is 3. The second-order valence-electron chi connectivity index (χ2n) is 10.4. The first-order chi connectivity index (χ1) is 24.0. The number of nitrogens with zero attached hydrogens (tertiary/aromatic N) is 3. The van der Waals surface area contributed by atoms with E-state index in [-0.39, 0.29) is 31.9 Å². The number of hydrogen-bond donors (Lipinski definition) is 3. The zero-order chi connectivity index (χ0) is 37.4. The highest BCUT2D eigenvalue weighted by molar-refractivity contribution is 7.87. The van der Waals surface area contributed by atoms with Crippen LogP contribution in [0.3, 0.4) is 0 Å². The standard InChI is InChI=1S/C30H33N3O15S3/c1-19-4-7-22(16-25(19)34)49(37,38)46-13-10-43-28-31-29(44-11-14-47-50(39,40)23-8-5-20(2)26(35)17-23)33-30(32-28)45-12-15-48-51(41,42)24-9-6-21(3)27(36)18-24/h4-9,16-18,34-36H,10-15H2,1-3H3. The second kappa shape index (κ2) is 16.5. The number of aromatic nitrogens is 3. The minimum Gasteiger partial charge on any atom is -0.508 e. The fourth-order valence-corrected chi connectivity index (χ4v) is 6.53. The van der Waals surface area contributed by atoms with Crippen molar-refractivity contribution in [3.63, 3.8) is 0 Å². The summed E-state index contributed by atoms with van der Waals surface area (Å²) in [5.41, 5.74) is 1.38. The van der Waals surface area contributed by atoms with Crippen molar-refractivity contribution in [3.8, 4) is 35.3 Å². The molecule has 4 aromatic rings. The summed E-state index contributed by atoms with van der Waals surface area (Å²) in [4.78, 5) is 10.9. The number of hydrogen-bond acceptors (Lipinski definition) is 18. The minimum atomic E-state index is -4.27. The van der Waals surface area contributed by atoms with E-state index in [1.54, 1.807) is 20.8 Å². The molecule has 18 nitrogen and oxygen atoms in total. The molecule has 3 N–H and O–H groups in total.